The molecule has 0 aromatic heterocycles. The summed E-state index contributed by atoms with van der Waals surface area (Å²) < 4.78 is 0. The number of allylic oxidation sites excluding steroid dienone is 2. The van der Waals surface area contributed by atoms with E-state index in [0.717, 1.165) is 19.3 Å². The van der Waals surface area contributed by atoms with E-state index in [0.29, 0.717) is 57.9 Å². The van der Waals surface area contributed by atoms with Gasteiger partial charge in [-0.2, -0.15) is 0 Å². The number of aryl methyl sites for hydroxylation is 1. The van der Waals surface area contributed by atoms with E-state index < -0.39 is 18.3 Å². The minimum atomic E-state index is -0.541. The fourth-order valence-electron chi connectivity index (χ4n) is 4.85. The van der Waals surface area contributed by atoms with E-state index in [1.54, 1.807) is 0 Å². The highest BCUT2D eigenvalue weighted by molar-refractivity contribution is 5.75. The number of unbranched alkanes of at least 4 members (excludes halogenated alkanes) is 2. The molecule has 0 bridgehead atoms. The predicted octanol–water partition coefficient (Wildman–Crippen LogP) is 3.14. The van der Waals surface area contributed by atoms with Crippen LogP contribution >= 0.6 is 0 Å². The molecule has 0 unspecified atom stereocenters. The Labute approximate surface area is 214 Å². The molecule has 9 heteroatoms. The monoisotopic (exact) mass is 508 g/mol. The first-order valence-electron chi connectivity index (χ1n) is 13.2. The Bertz CT molecular complexity index is 747. The summed E-state index contributed by atoms with van der Waals surface area (Å²) in [4.78, 5) is 16.3. The normalized spacial score (nSPS) is 22.9. The molecule has 6 N–H and O–H groups in total. The minimum Gasteiger partial charge on any atom is -0.393 e. The summed E-state index contributed by atoms with van der Waals surface area (Å²) in [6.45, 7) is 0.676. The van der Waals surface area contributed by atoms with Crippen molar-refractivity contribution in [2.24, 2.45) is 11.8 Å². The first-order valence-corrected chi connectivity index (χ1v) is 13.2. The van der Waals surface area contributed by atoms with Crippen LogP contribution in [0.2, 0.25) is 0 Å². The average Bonchev–Trinajstić information content (AvgIpc) is 3.12. The van der Waals surface area contributed by atoms with Crippen LogP contribution in [0.3, 0.4) is 0 Å². The number of nitrogens with one attached hydrogen (secondary N) is 1. The maximum absolute atomic E-state index is 11.9. The van der Waals surface area contributed by atoms with Crippen molar-refractivity contribution in [3.63, 3.8) is 0 Å². The van der Waals surface area contributed by atoms with Crippen molar-refractivity contribution in [1.29, 1.82) is 0 Å². The van der Waals surface area contributed by atoms with Crippen LogP contribution in [0.25, 0.3) is 0 Å². The lowest BCUT2D eigenvalue weighted by Crippen LogP contribution is -2.24. The molecule has 1 aliphatic carbocycles. The predicted molar refractivity (Wildman–Crippen MR) is 135 cm³/mol. The fourth-order valence-corrected chi connectivity index (χ4v) is 4.85. The third kappa shape index (κ3) is 12.4. The summed E-state index contributed by atoms with van der Waals surface area (Å²) in [5.74, 6) is -0.0610. The van der Waals surface area contributed by atoms with Crippen LogP contribution in [0.5, 0.6) is 0 Å². The van der Waals surface area contributed by atoms with Gasteiger partial charge in [-0.1, -0.05) is 42.5 Å². The van der Waals surface area contributed by atoms with E-state index in [-0.39, 0.29) is 29.7 Å². The lowest BCUT2D eigenvalue weighted by atomic mass is 9.85. The second-order valence-electron chi connectivity index (χ2n) is 9.70. The molecule has 1 saturated carbocycles. The molecule has 1 fully saturated rings. The first kappa shape index (κ1) is 30.4. The molecular weight excluding hydrogens is 464 g/mol. The van der Waals surface area contributed by atoms with Crippen molar-refractivity contribution in [2.45, 2.75) is 88.9 Å². The molecule has 36 heavy (non-hydrogen) atoms. The van der Waals surface area contributed by atoms with Crippen LogP contribution in [0.1, 0.15) is 69.8 Å². The van der Waals surface area contributed by atoms with Crippen molar-refractivity contribution >= 4 is 5.91 Å². The Morgan fingerprint density at radius 1 is 1.06 bits per heavy atom. The molecule has 1 amide bonds. The first-order chi connectivity index (χ1) is 17.4. The zero-order valence-electron chi connectivity index (χ0n) is 21.1. The van der Waals surface area contributed by atoms with Crippen molar-refractivity contribution in [2.75, 3.05) is 13.2 Å². The molecule has 1 aromatic rings. The van der Waals surface area contributed by atoms with Crippen LogP contribution in [0.4, 0.5) is 0 Å². The van der Waals surface area contributed by atoms with Gasteiger partial charge in [0.25, 0.3) is 0 Å². The molecule has 0 aliphatic heterocycles. The van der Waals surface area contributed by atoms with E-state index in [4.69, 9.17) is 10.4 Å². The van der Waals surface area contributed by atoms with Crippen molar-refractivity contribution < 1.29 is 35.4 Å². The molecule has 0 radical (unpaired) electrons. The van der Waals surface area contributed by atoms with E-state index in [1.165, 1.54) is 5.56 Å². The van der Waals surface area contributed by atoms with Gasteiger partial charge < -0.3 is 20.6 Å². The zero-order valence-corrected chi connectivity index (χ0v) is 21.1. The number of hydrogen-bond donors (Lipinski definition) is 6. The second kappa shape index (κ2) is 17.6. The van der Waals surface area contributed by atoms with Crippen LogP contribution in [-0.2, 0) is 16.1 Å². The fraction of sp³-hybridized carbons (Fsp3) is 0.667. The van der Waals surface area contributed by atoms with Crippen LogP contribution in [0, 0.1) is 11.8 Å². The van der Waals surface area contributed by atoms with E-state index in [2.05, 4.69) is 22.3 Å². The molecule has 5 atom stereocenters. The Hall–Kier alpha value is -1.85. The van der Waals surface area contributed by atoms with E-state index in [1.807, 2.05) is 30.4 Å². The van der Waals surface area contributed by atoms with Crippen LogP contribution in [0.15, 0.2) is 42.5 Å². The van der Waals surface area contributed by atoms with Gasteiger partial charge in [0, 0.05) is 13.0 Å². The summed E-state index contributed by atoms with van der Waals surface area (Å²) in [5.41, 5.74) is 1.21. The molecule has 0 spiro atoms. The number of rotatable bonds is 18. The summed E-state index contributed by atoms with van der Waals surface area (Å²) in [6, 6.07) is 10.1. The lowest BCUT2D eigenvalue weighted by molar-refractivity contribution is -0.492. The average molecular weight is 509 g/mol. The van der Waals surface area contributed by atoms with E-state index in [9.17, 15) is 20.1 Å². The zero-order chi connectivity index (χ0) is 26.2. The Morgan fingerprint density at radius 3 is 2.56 bits per heavy atom. The molecule has 0 saturated heterocycles. The number of nitrogens with zero attached hydrogens (tertiary/aromatic N) is 1. The summed E-state index contributed by atoms with van der Waals surface area (Å²) in [7, 11) is 0. The molecule has 1 aromatic carbocycles. The number of aliphatic hydroxyl groups excluding tert-OH is 3. The molecule has 204 valence electrons. The topological polar surface area (TPSA) is 143 Å². The highest BCUT2D eigenvalue weighted by Gasteiger charge is 2.40. The van der Waals surface area contributed by atoms with Gasteiger partial charge in [0.15, 0.2) is 0 Å². The largest absolute Gasteiger partial charge is 0.393 e. The highest BCUT2D eigenvalue weighted by atomic mass is 17.1. The molecule has 9 nitrogen and oxygen atoms in total. The maximum atomic E-state index is 11.9. The smallest absolute Gasteiger partial charge is 0.220 e. The maximum Gasteiger partial charge on any atom is 0.220 e. The van der Waals surface area contributed by atoms with Gasteiger partial charge in [-0.05, 0) is 81.6 Å². The summed E-state index contributed by atoms with van der Waals surface area (Å²) in [5, 5.41) is 50.6. The third-order valence-corrected chi connectivity index (χ3v) is 6.91. The van der Waals surface area contributed by atoms with E-state index >= 15 is 0 Å². The number of carbonyl (C=O) groups is 1. The molecular formula is C27H44N2O7. The van der Waals surface area contributed by atoms with Gasteiger partial charge in [-0.25, -0.2) is 0 Å². The van der Waals surface area contributed by atoms with Gasteiger partial charge in [0.2, 0.25) is 5.91 Å². The summed E-state index contributed by atoms with van der Waals surface area (Å²) >= 11 is 0. The second-order valence-corrected chi connectivity index (χ2v) is 9.70. The Morgan fingerprint density at radius 2 is 1.81 bits per heavy atom. The van der Waals surface area contributed by atoms with Gasteiger partial charge in [0.05, 0.1) is 30.3 Å². The van der Waals surface area contributed by atoms with Crippen molar-refractivity contribution in [3.8, 4) is 0 Å². The number of hydrogen-bond acceptors (Lipinski definition) is 8. The number of aliphatic hydroxyl groups is 3. The molecule has 0 heterocycles. The van der Waals surface area contributed by atoms with Gasteiger partial charge in [-0.3, -0.25) is 20.0 Å². The Kier molecular flexibility index (Phi) is 14.8. The summed E-state index contributed by atoms with van der Waals surface area (Å²) in [6.07, 6.45) is 9.64. The lowest BCUT2D eigenvalue weighted by Gasteiger charge is -2.23. The van der Waals surface area contributed by atoms with Crippen LogP contribution < -0.4 is 5.32 Å². The quantitative estimate of drug-likeness (QED) is 0.101. The van der Waals surface area contributed by atoms with Crippen molar-refractivity contribution in [1.82, 2.24) is 10.7 Å². The highest BCUT2D eigenvalue weighted by Crippen LogP contribution is 2.38. The Balaban J connectivity index is 1.59. The van der Waals surface area contributed by atoms with Crippen molar-refractivity contribution in [3.05, 3.63) is 48.0 Å². The minimum absolute atomic E-state index is 0.0181. The van der Waals surface area contributed by atoms with Crippen LogP contribution in [-0.4, -0.2) is 68.5 Å². The van der Waals surface area contributed by atoms with Gasteiger partial charge >= 0.3 is 0 Å². The standard InChI is InChI=1S/C27H44N2O7/c30-22(15-14-21-10-4-3-5-11-21)16-17-24-23(25(31)20-26(24)32)12-6-1-2-7-13-27(33)28-18-8-9-19-36-29(34)35/h1,3-6,10-11,22-26,30-32,34-35H,2,7-9,12-20H2,(H,28,33)/b6-1-/t22-,23+,24+,25-,26+/m0/s1. The molecule has 1 aliphatic rings. The van der Waals surface area contributed by atoms with Gasteiger partial charge in [0.1, 0.15) is 0 Å². The molecule has 2 rings (SSSR count). The van der Waals surface area contributed by atoms with Gasteiger partial charge in [-0.15, -0.1) is 0 Å². The number of carbonyl (C=O) groups excluding carboxylic acids is 1. The number of benzene rings is 1. The number of amides is 1. The third-order valence-electron chi connectivity index (χ3n) is 6.91. The SMILES string of the molecule is O=C(CCC/C=C\C[C@@H]1[C@@H](CC[C@@H](O)CCc2ccccc2)[C@H](O)C[C@@H]1O)NCCCCON(O)O.